The Morgan fingerprint density at radius 2 is 2.14 bits per heavy atom. The number of rotatable bonds is 5. The number of anilines is 3. The van der Waals surface area contributed by atoms with Crippen LogP contribution < -0.4 is 16.4 Å². The van der Waals surface area contributed by atoms with Crippen molar-refractivity contribution in [1.29, 1.82) is 0 Å². The number of carbonyl (C=O) groups excluding carboxylic acids is 1. The van der Waals surface area contributed by atoms with Crippen molar-refractivity contribution in [2.45, 2.75) is 20.3 Å². The number of nitrogen functional groups attached to an aromatic ring is 1. The lowest BCUT2D eigenvalue weighted by Gasteiger charge is -2.16. The highest BCUT2D eigenvalue weighted by molar-refractivity contribution is 6.32. The lowest BCUT2D eigenvalue weighted by Crippen LogP contribution is -2.17. The zero-order valence-electron chi connectivity index (χ0n) is 12.4. The lowest BCUT2D eigenvalue weighted by atomic mass is 10.2. The predicted octanol–water partition coefficient (Wildman–Crippen LogP) is 2.49. The molecule has 0 saturated heterocycles. The molecule has 0 saturated carbocycles. The number of amides is 1. The summed E-state index contributed by atoms with van der Waals surface area (Å²) in [5, 5.41) is 6.17. The summed E-state index contributed by atoms with van der Waals surface area (Å²) in [6, 6.07) is 0. The minimum absolute atomic E-state index is 0.154. The normalized spacial score (nSPS) is 10.3. The molecular weight excluding hydrogens is 304 g/mol. The summed E-state index contributed by atoms with van der Waals surface area (Å²) in [7, 11) is 0. The highest BCUT2D eigenvalue weighted by Crippen LogP contribution is 2.33. The summed E-state index contributed by atoms with van der Waals surface area (Å²) in [5.74, 6) is -0.254. The predicted molar refractivity (Wildman–Crippen MR) is 87.2 cm³/mol. The van der Waals surface area contributed by atoms with Gasteiger partial charge in [-0.1, -0.05) is 18.5 Å². The zero-order valence-corrected chi connectivity index (χ0v) is 13.1. The molecular formula is C14H17ClN6O. The van der Waals surface area contributed by atoms with Gasteiger partial charge in [0, 0.05) is 24.5 Å². The molecule has 0 atom stereocenters. The second-order valence-corrected chi connectivity index (χ2v) is 4.99. The van der Waals surface area contributed by atoms with Gasteiger partial charge in [-0.05, 0) is 13.3 Å². The third-order valence-corrected chi connectivity index (χ3v) is 3.29. The van der Waals surface area contributed by atoms with E-state index in [1.165, 1.54) is 18.6 Å². The van der Waals surface area contributed by atoms with Crippen LogP contribution in [0.4, 0.5) is 17.2 Å². The summed E-state index contributed by atoms with van der Waals surface area (Å²) >= 11 is 6.11. The van der Waals surface area contributed by atoms with Gasteiger partial charge in [0.15, 0.2) is 5.15 Å². The van der Waals surface area contributed by atoms with E-state index in [0.717, 1.165) is 18.5 Å². The van der Waals surface area contributed by atoms with E-state index < -0.39 is 5.91 Å². The first-order chi connectivity index (χ1) is 10.5. The maximum Gasteiger partial charge on any atom is 0.275 e. The summed E-state index contributed by atoms with van der Waals surface area (Å²) in [5.41, 5.74) is 7.87. The fraction of sp³-hybridized carbons (Fsp3) is 0.286. The molecule has 0 aliphatic heterocycles. The largest absolute Gasteiger partial charge is 0.382 e. The van der Waals surface area contributed by atoms with E-state index in [4.69, 9.17) is 17.3 Å². The molecule has 0 spiro atoms. The number of nitrogens with zero attached hydrogens (tertiary/aromatic N) is 3. The quantitative estimate of drug-likeness (QED) is 0.731. The van der Waals surface area contributed by atoms with Crippen LogP contribution >= 0.6 is 11.6 Å². The van der Waals surface area contributed by atoms with Gasteiger partial charge in [-0.2, -0.15) is 0 Å². The molecule has 0 radical (unpaired) electrons. The third kappa shape index (κ3) is 3.43. The maximum absolute atomic E-state index is 12.2. The Morgan fingerprint density at radius 1 is 1.36 bits per heavy atom. The van der Waals surface area contributed by atoms with E-state index in [1.54, 1.807) is 0 Å². The molecule has 116 valence electrons. The van der Waals surface area contributed by atoms with E-state index in [2.05, 4.69) is 25.6 Å². The van der Waals surface area contributed by atoms with Crippen LogP contribution in [0.2, 0.25) is 5.15 Å². The molecule has 22 heavy (non-hydrogen) atoms. The first kappa shape index (κ1) is 16.0. The Kier molecular flexibility index (Phi) is 5.11. The third-order valence-electron chi connectivity index (χ3n) is 3.02. The molecule has 4 N–H and O–H groups in total. The number of hydrogen-bond donors (Lipinski definition) is 3. The monoisotopic (exact) mass is 320 g/mol. The Labute approximate surface area is 133 Å². The van der Waals surface area contributed by atoms with E-state index in [9.17, 15) is 4.79 Å². The van der Waals surface area contributed by atoms with Gasteiger partial charge in [0.25, 0.3) is 5.91 Å². The maximum atomic E-state index is 12.2. The second kappa shape index (κ2) is 7.04. The van der Waals surface area contributed by atoms with Gasteiger partial charge in [-0.15, -0.1) is 0 Å². The van der Waals surface area contributed by atoms with Crippen LogP contribution in [-0.2, 0) is 0 Å². The number of nitrogens with two attached hydrogens (primary N) is 1. The Hall–Kier alpha value is -2.41. The summed E-state index contributed by atoms with van der Waals surface area (Å²) in [6.07, 6.45) is 5.24. The van der Waals surface area contributed by atoms with Gasteiger partial charge in [-0.25, -0.2) is 9.97 Å². The van der Waals surface area contributed by atoms with Crippen molar-refractivity contribution in [2.24, 2.45) is 0 Å². The molecule has 2 rings (SSSR count). The topological polar surface area (TPSA) is 106 Å². The van der Waals surface area contributed by atoms with E-state index >= 15 is 0 Å². The van der Waals surface area contributed by atoms with Crippen LogP contribution in [0.3, 0.4) is 0 Å². The van der Waals surface area contributed by atoms with E-state index in [1.807, 2.05) is 13.8 Å². The molecule has 0 aliphatic carbocycles. The molecule has 0 fully saturated rings. The first-order valence-corrected chi connectivity index (χ1v) is 7.19. The van der Waals surface area contributed by atoms with Gasteiger partial charge >= 0.3 is 0 Å². The molecule has 8 heteroatoms. The van der Waals surface area contributed by atoms with Crippen molar-refractivity contribution in [1.82, 2.24) is 15.0 Å². The van der Waals surface area contributed by atoms with Crippen LogP contribution in [0.25, 0.3) is 0 Å². The van der Waals surface area contributed by atoms with Crippen molar-refractivity contribution in [3.05, 3.63) is 35.0 Å². The fourth-order valence-electron chi connectivity index (χ4n) is 1.90. The molecule has 2 heterocycles. The van der Waals surface area contributed by atoms with Crippen molar-refractivity contribution in [2.75, 3.05) is 22.9 Å². The minimum atomic E-state index is -0.409. The molecule has 2 aromatic heterocycles. The lowest BCUT2D eigenvalue weighted by molar-refractivity contribution is 0.102. The van der Waals surface area contributed by atoms with Crippen molar-refractivity contribution >= 4 is 34.7 Å². The smallest absolute Gasteiger partial charge is 0.275 e. The van der Waals surface area contributed by atoms with Gasteiger partial charge in [0.05, 0.1) is 17.6 Å². The van der Waals surface area contributed by atoms with Crippen molar-refractivity contribution in [3.63, 3.8) is 0 Å². The van der Waals surface area contributed by atoms with Crippen LogP contribution in [-0.4, -0.2) is 27.4 Å². The summed E-state index contributed by atoms with van der Waals surface area (Å²) in [6.45, 7) is 4.59. The van der Waals surface area contributed by atoms with E-state index in [0.29, 0.717) is 11.4 Å². The minimum Gasteiger partial charge on any atom is -0.382 e. The van der Waals surface area contributed by atoms with E-state index in [-0.39, 0.29) is 16.7 Å². The SMILES string of the molecule is CCCNc1c(Cl)nc(N)c(NC(=O)c2cnccn2)c1C. The average Bonchev–Trinajstić information content (AvgIpc) is 2.52. The molecule has 0 aromatic carbocycles. The summed E-state index contributed by atoms with van der Waals surface area (Å²) in [4.78, 5) is 24.0. The van der Waals surface area contributed by atoms with Crippen LogP contribution in [0, 0.1) is 6.92 Å². The van der Waals surface area contributed by atoms with Crippen molar-refractivity contribution < 1.29 is 4.79 Å². The number of nitrogens with one attached hydrogen (secondary N) is 2. The fourth-order valence-corrected chi connectivity index (χ4v) is 2.20. The Balaban J connectivity index is 2.32. The molecule has 0 unspecified atom stereocenters. The molecule has 7 nitrogen and oxygen atoms in total. The molecule has 2 aromatic rings. The average molecular weight is 321 g/mol. The van der Waals surface area contributed by atoms with Gasteiger partial charge in [0.2, 0.25) is 0 Å². The molecule has 0 bridgehead atoms. The highest BCUT2D eigenvalue weighted by Gasteiger charge is 2.17. The number of carbonyl (C=O) groups is 1. The second-order valence-electron chi connectivity index (χ2n) is 4.63. The number of pyridine rings is 1. The molecule has 0 aliphatic rings. The standard InChI is InChI=1S/C14H17ClN6O/c1-3-4-19-10-8(2)11(13(16)21-12(10)15)20-14(22)9-7-17-5-6-18-9/h5-7,19H,3-4H2,1-2H3,(H2,16,21)(H,20,22). The Bertz CT molecular complexity index is 677. The molecule has 1 amide bonds. The summed E-state index contributed by atoms with van der Waals surface area (Å²) < 4.78 is 0. The van der Waals surface area contributed by atoms with Crippen LogP contribution in [0.15, 0.2) is 18.6 Å². The number of hydrogen-bond acceptors (Lipinski definition) is 6. The number of halogens is 1. The van der Waals surface area contributed by atoms with Gasteiger partial charge in [0.1, 0.15) is 11.5 Å². The van der Waals surface area contributed by atoms with Crippen LogP contribution in [0.5, 0.6) is 0 Å². The van der Waals surface area contributed by atoms with Gasteiger partial charge in [-0.3, -0.25) is 9.78 Å². The van der Waals surface area contributed by atoms with Crippen molar-refractivity contribution in [3.8, 4) is 0 Å². The first-order valence-electron chi connectivity index (χ1n) is 6.81. The highest BCUT2D eigenvalue weighted by atomic mass is 35.5. The Morgan fingerprint density at radius 3 is 2.77 bits per heavy atom. The number of aromatic nitrogens is 3. The van der Waals surface area contributed by atoms with Gasteiger partial charge < -0.3 is 16.4 Å². The zero-order chi connectivity index (χ0) is 16.1. The van der Waals surface area contributed by atoms with Crippen LogP contribution in [0.1, 0.15) is 29.4 Å².